The minimum atomic E-state index is -1.21. The predicted octanol–water partition coefficient (Wildman–Crippen LogP) is 2.87. The van der Waals surface area contributed by atoms with Gasteiger partial charge in [-0.3, -0.25) is 4.79 Å². The first-order chi connectivity index (χ1) is 9.56. The zero-order valence-corrected chi connectivity index (χ0v) is 13.3. The lowest BCUT2D eigenvalue weighted by atomic mass is 9.64. The highest BCUT2D eigenvalue weighted by Gasteiger charge is 2.46. The summed E-state index contributed by atoms with van der Waals surface area (Å²) in [5.74, 6) is -2.06. The second-order valence-electron chi connectivity index (χ2n) is 6.57. The molecule has 0 heterocycles. The molecule has 1 rings (SSSR count). The smallest absolute Gasteiger partial charge is 0.331 e. The minimum Gasteiger partial charge on any atom is -0.481 e. The Morgan fingerprint density at radius 1 is 1.33 bits per heavy atom. The van der Waals surface area contributed by atoms with Gasteiger partial charge in [-0.1, -0.05) is 26.3 Å². The molecule has 5 heteroatoms. The molecule has 118 valence electrons. The molecule has 0 saturated carbocycles. The summed E-state index contributed by atoms with van der Waals surface area (Å²) >= 11 is 0. The molecule has 1 unspecified atom stereocenters. The monoisotopic (exact) mass is 296 g/mol. The number of ether oxygens (including phenoxy) is 1. The molecule has 1 aliphatic rings. The van der Waals surface area contributed by atoms with Gasteiger partial charge in [0.1, 0.15) is 0 Å². The van der Waals surface area contributed by atoms with Crippen LogP contribution in [0.4, 0.5) is 0 Å². The van der Waals surface area contributed by atoms with Gasteiger partial charge in [0.2, 0.25) is 0 Å². The molecule has 1 atom stereocenters. The Hall–Kier alpha value is -1.62. The van der Waals surface area contributed by atoms with Crippen LogP contribution in [0, 0.1) is 10.8 Å². The van der Waals surface area contributed by atoms with E-state index < -0.39 is 17.4 Å². The fourth-order valence-electron chi connectivity index (χ4n) is 2.86. The van der Waals surface area contributed by atoms with Gasteiger partial charge in [0.05, 0.1) is 5.41 Å². The lowest BCUT2D eigenvalue weighted by Crippen LogP contribution is -2.39. The molecule has 0 fully saturated rings. The molecule has 0 amide bonds. The molecule has 21 heavy (non-hydrogen) atoms. The highest BCUT2D eigenvalue weighted by molar-refractivity contribution is 5.91. The van der Waals surface area contributed by atoms with Gasteiger partial charge in [-0.25, -0.2) is 4.79 Å². The molecule has 0 aliphatic heterocycles. The molecule has 2 N–H and O–H groups in total. The fraction of sp³-hybridized carbons (Fsp3) is 0.625. The molecular formula is C16H24O5. The Kier molecular flexibility index (Phi) is 4.99. The standard InChI is InChI=1S/C16H24O5/c1-10-12(15(2,3)4)8-11(13(17)18)9-16(10,14(19)20)6-7-21-5/h8H,6-7,9H2,1-5H3,(H,17,18)(H,19,20). The van der Waals surface area contributed by atoms with Crippen LogP contribution < -0.4 is 0 Å². The van der Waals surface area contributed by atoms with E-state index in [1.54, 1.807) is 13.0 Å². The van der Waals surface area contributed by atoms with E-state index in [2.05, 4.69) is 0 Å². The second-order valence-corrected chi connectivity index (χ2v) is 6.57. The number of carbonyl (C=O) groups is 2. The first-order valence-corrected chi connectivity index (χ1v) is 6.94. The minimum absolute atomic E-state index is 0.00750. The molecule has 1 aliphatic carbocycles. The van der Waals surface area contributed by atoms with Crippen LogP contribution in [0.15, 0.2) is 22.8 Å². The van der Waals surface area contributed by atoms with E-state index in [1.165, 1.54) is 7.11 Å². The van der Waals surface area contributed by atoms with Crippen LogP contribution in [0.5, 0.6) is 0 Å². The summed E-state index contributed by atoms with van der Waals surface area (Å²) in [6.07, 6.45) is 1.88. The summed E-state index contributed by atoms with van der Waals surface area (Å²) in [5.41, 5.74) is 0.123. The maximum absolute atomic E-state index is 11.9. The summed E-state index contributed by atoms with van der Waals surface area (Å²) in [7, 11) is 1.51. The van der Waals surface area contributed by atoms with Crippen molar-refractivity contribution in [1.29, 1.82) is 0 Å². The van der Waals surface area contributed by atoms with Gasteiger partial charge in [0, 0.05) is 19.3 Å². The lowest BCUT2D eigenvalue weighted by molar-refractivity contribution is -0.148. The van der Waals surface area contributed by atoms with Crippen molar-refractivity contribution in [2.45, 2.75) is 40.5 Å². The summed E-state index contributed by atoms with van der Waals surface area (Å²) in [6.45, 7) is 7.93. The van der Waals surface area contributed by atoms with Crippen LogP contribution >= 0.6 is 0 Å². The Morgan fingerprint density at radius 3 is 2.29 bits per heavy atom. The van der Waals surface area contributed by atoms with E-state index in [9.17, 15) is 19.8 Å². The van der Waals surface area contributed by atoms with E-state index >= 15 is 0 Å². The number of aliphatic carboxylic acids is 2. The van der Waals surface area contributed by atoms with Crippen molar-refractivity contribution < 1.29 is 24.5 Å². The third-order valence-corrected chi connectivity index (χ3v) is 4.16. The van der Waals surface area contributed by atoms with Gasteiger partial charge >= 0.3 is 11.9 Å². The van der Waals surface area contributed by atoms with Crippen molar-refractivity contribution in [3.8, 4) is 0 Å². The SMILES string of the molecule is COCCC1(C(=O)O)CC(C(=O)O)=CC(C(C)(C)C)=C1C. The number of hydrogen-bond acceptors (Lipinski definition) is 3. The number of carboxylic acid groups (broad SMARTS) is 2. The number of allylic oxidation sites excluding steroid dienone is 2. The van der Waals surface area contributed by atoms with E-state index in [-0.39, 0.29) is 30.4 Å². The highest BCUT2D eigenvalue weighted by atomic mass is 16.5. The topological polar surface area (TPSA) is 83.8 Å². The van der Waals surface area contributed by atoms with E-state index in [0.29, 0.717) is 0 Å². The average Bonchev–Trinajstić information content (AvgIpc) is 2.35. The van der Waals surface area contributed by atoms with Crippen LogP contribution in [-0.4, -0.2) is 35.9 Å². The van der Waals surface area contributed by atoms with Gasteiger partial charge in [-0.05, 0) is 36.8 Å². The third kappa shape index (κ3) is 3.35. The second kappa shape index (κ2) is 6.02. The Morgan fingerprint density at radius 2 is 1.90 bits per heavy atom. The van der Waals surface area contributed by atoms with Gasteiger partial charge in [0.15, 0.2) is 0 Å². The number of methoxy groups -OCH3 is 1. The first kappa shape index (κ1) is 17.4. The van der Waals surface area contributed by atoms with Crippen LogP contribution in [0.1, 0.15) is 40.5 Å². The normalized spacial score (nSPS) is 23.0. The third-order valence-electron chi connectivity index (χ3n) is 4.16. The number of rotatable bonds is 5. The van der Waals surface area contributed by atoms with Crippen LogP contribution in [-0.2, 0) is 14.3 Å². The van der Waals surface area contributed by atoms with Crippen molar-refractivity contribution in [2.75, 3.05) is 13.7 Å². The van der Waals surface area contributed by atoms with Crippen molar-refractivity contribution >= 4 is 11.9 Å². The van der Waals surface area contributed by atoms with Crippen LogP contribution in [0.2, 0.25) is 0 Å². The first-order valence-electron chi connectivity index (χ1n) is 6.94. The van der Waals surface area contributed by atoms with Crippen LogP contribution in [0.25, 0.3) is 0 Å². The Balaban J connectivity index is 3.51. The predicted molar refractivity (Wildman–Crippen MR) is 79.1 cm³/mol. The van der Waals surface area contributed by atoms with E-state index in [1.807, 2.05) is 20.8 Å². The van der Waals surface area contributed by atoms with Gasteiger partial charge in [-0.15, -0.1) is 0 Å². The zero-order chi connectivity index (χ0) is 16.4. The van der Waals surface area contributed by atoms with E-state index in [4.69, 9.17) is 4.74 Å². The molecule has 0 aromatic rings. The largest absolute Gasteiger partial charge is 0.481 e. The molecular weight excluding hydrogens is 272 g/mol. The highest BCUT2D eigenvalue weighted by Crippen LogP contribution is 2.47. The summed E-state index contributed by atoms with van der Waals surface area (Å²) in [5, 5.41) is 19.1. The van der Waals surface area contributed by atoms with Gasteiger partial charge < -0.3 is 14.9 Å². The Bertz CT molecular complexity index is 507. The average molecular weight is 296 g/mol. The van der Waals surface area contributed by atoms with Crippen molar-refractivity contribution in [1.82, 2.24) is 0 Å². The summed E-state index contributed by atoms with van der Waals surface area (Å²) < 4.78 is 5.03. The molecule has 0 radical (unpaired) electrons. The summed E-state index contributed by atoms with van der Waals surface area (Å²) in [4.78, 5) is 23.3. The lowest BCUT2D eigenvalue weighted by Gasteiger charge is -2.38. The molecule has 0 aromatic heterocycles. The quantitative estimate of drug-likeness (QED) is 0.815. The molecule has 5 nitrogen and oxygen atoms in total. The van der Waals surface area contributed by atoms with Crippen molar-refractivity contribution in [3.05, 3.63) is 22.8 Å². The molecule has 0 bridgehead atoms. The number of carboxylic acids is 2. The van der Waals surface area contributed by atoms with Crippen molar-refractivity contribution in [2.24, 2.45) is 10.8 Å². The van der Waals surface area contributed by atoms with Crippen molar-refractivity contribution in [3.63, 3.8) is 0 Å². The van der Waals surface area contributed by atoms with Crippen LogP contribution in [0.3, 0.4) is 0 Å². The maximum atomic E-state index is 11.9. The molecule has 0 spiro atoms. The summed E-state index contributed by atoms with van der Waals surface area (Å²) in [6, 6.07) is 0. The number of hydrogen-bond donors (Lipinski definition) is 2. The van der Waals surface area contributed by atoms with E-state index in [0.717, 1.165) is 11.1 Å². The molecule has 0 aromatic carbocycles. The fourth-order valence-corrected chi connectivity index (χ4v) is 2.86. The van der Waals surface area contributed by atoms with Gasteiger partial charge in [0.25, 0.3) is 0 Å². The molecule has 0 saturated heterocycles. The van der Waals surface area contributed by atoms with Gasteiger partial charge in [-0.2, -0.15) is 0 Å². The maximum Gasteiger partial charge on any atom is 0.331 e. The zero-order valence-electron chi connectivity index (χ0n) is 13.3. The Labute approximate surface area is 125 Å².